The lowest BCUT2D eigenvalue weighted by atomic mass is 9.86. The average Bonchev–Trinajstić information content (AvgIpc) is 3.25. The van der Waals surface area contributed by atoms with Crippen molar-refractivity contribution >= 4 is 55.7 Å². The minimum absolute atomic E-state index is 0.0663. The van der Waals surface area contributed by atoms with Crippen LogP contribution >= 0.6 is 0 Å². The molecule has 0 aromatic heterocycles. The Bertz CT molecular complexity index is 2870. The second-order valence-electron chi connectivity index (χ2n) is 22.1. The molecule has 0 aliphatic rings. The molecule has 2 heteroatoms. The van der Waals surface area contributed by atoms with Gasteiger partial charge >= 0.3 is 0 Å². The number of benzene rings is 8. The predicted octanol–water partition coefficient (Wildman–Crippen LogP) is 18.4. The number of rotatable bonds is 7. The highest BCUT2D eigenvalue weighted by Gasteiger charge is 2.22. The summed E-state index contributed by atoms with van der Waals surface area (Å²) in [5.41, 5.74) is 17.5. The molecule has 64 heavy (non-hydrogen) atoms. The lowest BCUT2D eigenvalue weighted by Crippen LogP contribution is -2.14. The van der Waals surface area contributed by atoms with Crippen LogP contribution in [0, 0.1) is 13.8 Å². The van der Waals surface area contributed by atoms with Crippen LogP contribution < -0.4 is 9.80 Å². The zero-order valence-electron chi connectivity index (χ0n) is 40.9. The Kier molecular flexibility index (Phi) is 11.4. The molecule has 0 saturated carbocycles. The van der Waals surface area contributed by atoms with E-state index in [1.807, 2.05) is 0 Å². The summed E-state index contributed by atoms with van der Waals surface area (Å²) in [5, 5.41) is 5.10. The van der Waals surface area contributed by atoms with E-state index in [1.165, 1.54) is 66.1 Å². The highest BCUT2D eigenvalue weighted by molar-refractivity contribution is 6.08. The molecule has 0 atom stereocenters. The molecule has 0 amide bonds. The summed E-state index contributed by atoms with van der Waals surface area (Å²) in [4.78, 5) is 4.82. The van der Waals surface area contributed by atoms with Crippen molar-refractivity contribution in [1.29, 1.82) is 0 Å². The van der Waals surface area contributed by atoms with Crippen molar-refractivity contribution in [2.24, 2.45) is 0 Å². The normalized spacial score (nSPS) is 12.5. The Morgan fingerprint density at radius 1 is 0.250 bits per heavy atom. The van der Waals surface area contributed by atoms with Gasteiger partial charge in [-0.1, -0.05) is 168 Å². The first-order valence-electron chi connectivity index (χ1n) is 23.2. The first-order chi connectivity index (χ1) is 30.1. The maximum absolute atomic E-state index is 2.41. The standard InChI is InChI=1S/C62H68N2/c1-41-56-38-36-54(64(51-31-23-47(24-32-51)61(9,10)11)52-33-25-48(26-34-52)62(12,13)14)40-58(56)42(2)55-37-35-53(39-57(41)55)63(50-29-21-46(22-30-50)60(6,7)8)49-27-17-44(18-28-49)43-15-19-45(20-16-43)59(3,4)5/h15-40H,1-14H3. The zero-order valence-corrected chi connectivity index (χ0v) is 40.9. The van der Waals surface area contributed by atoms with E-state index in [4.69, 9.17) is 0 Å². The number of nitrogens with zero attached hydrogens (tertiary/aromatic N) is 2. The van der Waals surface area contributed by atoms with Crippen LogP contribution in [0.2, 0.25) is 0 Å². The molecule has 8 aromatic carbocycles. The maximum Gasteiger partial charge on any atom is 0.0468 e. The summed E-state index contributed by atoms with van der Waals surface area (Å²) >= 11 is 0. The first kappa shape index (κ1) is 44.5. The number of fused-ring (bicyclic) bond motifs is 2. The van der Waals surface area contributed by atoms with Gasteiger partial charge in [0.25, 0.3) is 0 Å². The van der Waals surface area contributed by atoms with Crippen molar-refractivity contribution in [1.82, 2.24) is 0 Å². The first-order valence-corrected chi connectivity index (χ1v) is 23.2. The molecule has 0 spiro atoms. The van der Waals surface area contributed by atoms with E-state index >= 15 is 0 Å². The maximum atomic E-state index is 2.41. The van der Waals surface area contributed by atoms with Gasteiger partial charge in [0, 0.05) is 34.1 Å². The fraction of sp³-hybridized carbons (Fsp3) is 0.290. The van der Waals surface area contributed by atoms with Crippen molar-refractivity contribution < 1.29 is 0 Å². The molecule has 8 rings (SSSR count). The molecule has 0 heterocycles. The predicted molar refractivity (Wildman–Crippen MR) is 281 cm³/mol. The Morgan fingerprint density at radius 2 is 0.469 bits per heavy atom. The summed E-state index contributed by atoms with van der Waals surface area (Å²) in [7, 11) is 0. The fourth-order valence-corrected chi connectivity index (χ4v) is 9.10. The van der Waals surface area contributed by atoms with Crippen molar-refractivity contribution in [3.8, 4) is 11.1 Å². The largest absolute Gasteiger partial charge is 0.310 e. The molecule has 0 aliphatic carbocycles. The van der Waals surface area contributed by atoms with Gasteiger partial charge in [-0.25, -0.2) is 0 Å². The average molecular weight is 841 g/mol. The molecule has 0 aliphatic heterocycles. The van der Waals surface area contributed by atoms with Crippen LogP contribution in [-0.2, 0) is 21.7 Å². The second-order valence-corrected chi connectivity index (χ2v) is 22.1. The molecule has 326 valence electrons. The Morgan fingerprint density at radius 3 is 0.734 bits per heavy atom. The summed E-state index contributed by atoms with van der Waals surface area (Å²) in [6, 6.07) is 59.6. The van der Waals surface area contributed by atoms with E-state index in [-0.39, 0.29) is 21.7 Å². The molecule has 8 aromatic rings. The summed E-state index contributed by atoms with van der Waals surface area (Å²) in [5.74, 6) is 0. The van der Waals surface area contributed by atoms with Gasteiger partial charge in [-0.05, 0) is 174 Å². The van der Waals surface area contributed by atoms with Crippen molar-refractivity contribution in [3.63, 3.8) is 0 Å². The minimum atomic E-state index is 0.0663. The van der Waals surface area contributed by atoms with Gasteiger partial charge in [0.1, 0.15) is 0 Å². The van der Waals surface area contributed by atoms with Crippen LogP contribution in [0.1, 0.15) is 116 Å². The highest BCUT2D eigenvalue weighted by atomic mass is 15.1. The highest BCUT2D eigenvalue weighted by Crippen LogP contribution is 2.44. The summed E-state index contributed by atoms with van der Waals surface area (Å²) in [6.07, 6.45) is 0. The molecular weight excluding hydrogens is 773 g/mol. The van der Waals surface area contributed by atoms with Crippen LogP contribution in [0.15, 0.2) is 158 Å². The van der Waals surface area contributed by atoms with Gasteiger partial charge in [0.05, 0.1) is 0 Å². The lowest BCUT2D eigenvalue weighted by Gasteiger charge is -2.29. The van der Waals surface area contributed by atoms with Gasteiger partial charge in [-0.2, -0.15) is 0 Å². The van der Waals surface area contributed by atoms with E-state index < -0.39 is 0 Å². The van der Waals surface area contributed by atoms with Crippen LogP contribution in [0.5, 0.6) is 0 Å². The van der Waals surface area contributed by atoms with Crippen LogP contribution in [-0.4, -0.2) is 0 Å². The van der Waals surface area contributed by atoms with E-state index in [0.29, 0.717) is 0 Å². The van der Waals surface area contributed by atoms with Gasteiger partial charge < -0.3 is 9.80 Å². The van der Waals surface area contributed by atoms with Crippen molar-refractivity contribution in [3.05, 3.63) is 191 Å². The second kappa shape index (κ2) is 16.5. The third kappa shape index (κ3) is 8.85. The van der Waals surface area contributed by atoms with Crippen molar-refractivity contribution in [2.45, 2.75) is 119 Å². The van der Waals surface area contributed by atoms with Gasteiger partial charge in [-0.15, -0.1) is 0 Å². The summed E-state index contributed by atoms with van der Waals surface area (Å²) < 4.78 is 0. The Labute approximate surface area is 384 Å². The molecule has 0 unspecified atom stereocenters. The molecule has 0 N–H and O–H groups in total. The smallest absolute Gasteiger partial charge is 0.0468 e. The van der Waals surface area contributed by atoms with Crippen LogP contribution in [0.25, 0.3) is 32.7 Å². The van der Waals surface area contributed by atoms with E-state index in [9.17, 15) is 0 Å². The zero-order chi connectivity index (χ0) is 45.9. The Hall–Kier alpha value is -6.12. The monoisotopic (exact) mass is 841 g/mol. The van der Waals surface area contributed by atoms with E-state index in [2.05, 4.69) is 264 Å². The molecule has 0 radical (unpaired) electrons. The number of aryl methyl sites for hydroxylation is 2. The van der Waals surface area contributed by atoms with E-state index in [0.717, 1.165) is 34.1 Å². The third-order valence-electron chi connectivity index (χ3n) is 13.3. The Balaban J connectivity index is 1.23. The number of hydrogen-bond acceptors (Lipinski definition) is 2. The number of anilines is 6. The van der Waals surface area contributed by atoms with E-state index in [1.54, 1.807) is 0 Å². The van der Waals surface area contributed by atoms with Gasteiger partial charge in [-0.3, -0.25) is 0 Å². The van der Waals surface area contributed by atoms with Crippen molar-refractivity contribution in [2.75, 3.05) is 9.80 Å². The molecule has 2 nitrogen and oxygen atoms in total. The van der Waals surface area contributed by atoms with Crippen LogP contribution in [0.4, 0.5) is 34.1 Å². The summed E-state index contributed by atoms with van der Waals surface area (Å²) in [6.45, 7) is 31.9. The molecular formula is C62H68N2. The van der Waals surface area contributed by atoms with Gasteiger partial charge in [0.2, 0.25) is 0 Å². The number of hydrogen-bond donors (Lipinski definition) is 0. The molecule has 0 bridgehead atoms. The topological polar surface area (TPSA) is 6.48 Å². The lowest BCUT2D eigenvalue weighted by molar-refractivity contribution is 0.590. The SMILES string of the molecule is Cc1c2ccc(N(c3ccc(C(C)(C)C)cc3)c3ccc(C(C)(C)C)cc3)cc2c(C)c2ccc(N(c3ccc(-c4ccc(C(C)(C)C)cc4)cc3)c3ccc(C(C)(C)C)cc3)cc12. The minimum Gasteiger partial charge on any atom is -0.310 e. The quantitative estimate of drug-likeness (QED) is 0.148. The molecule has 0 fully saturated rings. The molecule has 0 saturated heterocycles. The fourth-order valence-electron chi connectivity index (χ4n) is 9.10. The van der Waals surface area contributed by atoms with Crippen LogP contribution in [0.3, 0.4) is 0 Å². The van der Waals surface area contributed by atoms with Gasteiger partial charge in [0.15, 0.2) is 0 Å². The third-order valence-corrected chi connectivity index (χ3v) is 13.3.